The number of nitrogens with one attached hydrogen (secondary N) is 2. The van der Waals surface area contributed by atoms with E-state index in [0.717, 1.165) is 17.5 Å². The van der Waals surface area contributed by atoms with Gasteiger partial charge in [-0.15, -0.1) is 0 Å². The molecule has 0 spiro atoms. The highest BCUT2D eigenvalue weighted by Crippen LogP contribution is 2.09. The zero-order valence-corrected chi connectivity index (χ0v) is 18.4. The third-order valence-electron chi connectivity index (χ3n) is 3.80. The number of carbonyl (C=O) groups is 2. The SMILES string of the molecule is CC.CCc1ccccc1.CNC(=O)O.CNC(Cc1ccccc1C)C(=O)O. The molecule has 4 N–H and O–H groups in total. The molecule has 2 aromatic carbocycles. The van der Waals surface area contributed by atoms with Crippen LogP contribution in [-0.2, 0) is 17.6 Å². The largest absolute Gasteiger partial charge is 0.480 e. The molecule has 0 saturated heterocycles. The number of hydrogen-bond donors (Lipinski definition) is 4. The maximum absolute atomic E-state index is 10.8. The number of hydrogen-bond acceptors (Lipinski definition) is 3. The average Bonchev–Trinajstić information content (AvgIpc) is 2.75. The van der Waals surface area contributed by atoms with Gasteiger partial charge in [-0.1, -0.05) is 75.4 Å². The Bertz CT molecular complexity index is 676. The number of benzene rings is 2. The molecule has 6 nitrogen and oxygen atoms in total. The second kappa shape index (κ2) is 18.5. The monoisotopic (exact) mass is 404 g/mol. The first-order valence-electron chi connectivity index (χ1n) is 9.74. The van der Waals surface area contributed by atoms with Gasteiger partial charge in [-0.3, -0.25) is 4.79 Å². The van der Waals surface area contributed by atoms with E-state index in [2.05, 4.69) is 36.5 Å². The minimum Gasteiger partial charge on any atom is -0.480 e. The number of rotatable bonds is 5. The van der Waals surface area contributed by atoms with Gasteiger partial charge in [0.1, 0.15) is 6.04 Å². The molecule has 0 radical (unpaired) electrons. The lowest BCUT2D eigenvalue weighted by atomic mass is 10.0. The summed E-state index contributed by atoms with van der Waals surface area (Å²) < 4.78 is 0. The summed E-state index contributed by atoms with van der Waals surface area (Å²) >= 11 is 0. The molecular weight excluding hydrogens is 368 g/mol. The van der Waals surface area contributed by atoms with E-state index in [0.29, 0.717) is 6.42 Å². The van der Waals surface area contributed by atoms with E-state index in [1.54, 1.807) is 7.05 Å². The van der Waals surface area contributed by atoms with Gasteiger partial charge in [0, 0.05) is 7.05 Å². The predicted octanol–water partition coefficient (Wildman–Crippen LogP) is 4.37. The van der Waals surface area contributed by atoms with Crippen LogP contribution >= 0.6 is 0 Å². The van der Waals surface area contributed by atoms with Crippen LogP contribution in [0, 0.1) is 6.92 Å². The van der Waals surface area contributed by atoms with Crippen LogP contribution in [-0.4, -0.2) is 42.4 Å². The van der Waals surface area contributed by atoms with Gasteiger partial charge in [-0.2, -0.15) is 0 Å². The number of carboxylic acids is 1. The first kappa shape index (κ1) is 28.4. The first-order chi connectivity index (χ1) is 13.8. The van der Waals surface area contributed by atoms with Crippen LogP contribution in [0.4, 0.5) is 4.79 Å². The number of likely N-dealkylation sites (N-methyl/N-ethyl adjacent to an activating group) is 1. The molecule has 0 aliphatic carbocycles. The number of aliphatic carboxylic acids is 1. The molecule has 0 aliphatic heterocycles. The van der Waals surface area contributed by atoms with Gasteiger partial charge in [0.15, 0.2) is 0 Å². The summed E-state index contributed by atoms with van der Waals surface area (Å²) in [7, 11) is 3.01. The molecule has 0 aromatic heterocycles. The van der Waals surface area contributed by atoms with E-state index < -0.39 is 18.1 Å². The maximum atomic E-state index is 10.8. The Morgan fingerprint density at radius 2 is 1.41 bits per heavy atom. The van der Waals surface area contributed by atoms with E-state index in [1.807, 2.05) is 56.4 Å². The molecule has 0 saturated carbocycles. The van der Waals surface area contributed by atoms with Crippen LogP contribution in [0.2, 0.25) is 0 Å². The minimum atomic E-state index is -0.995. The lowest BCUT2D eigenvalue weighted by Gasteiger charge is -2.12. The fourth-order valence-electron chi connectivity index (χ4n) is 2.09. The quantitative estimate of drug-likeness (QED) is 0.593. The highest BCUT2D eigenvalue weighted by Gasteiger charge is 2.15. The highest BCUT2D eigenvalue weighted by atomic mass is 16.4. The van der Waals surface area contributed by atoms with E-state index in [9.17, 15) is 9.59 Å². The topological polar surface area (TPSA) is 98.7 Å². The summed E-state index contributed by atoms with van der Waals surface area (Å²) in [4.78, 5) is 20.0. The number of aryl methyl sites for hydroxylation is 2. The van der Waals surface area contributed by atoms with Gasteiger partial charge in [0.25, 0.3) is 0 Å². The molecular formula is C23H36N2O4. The standard InChI is InChI=1S/C11H15NO2.C8H10.C2H5NO2.C2H6/c1-8-5-3-4-6-9(8)7-10(12-2)11(13)14;1-2-8-6-4-3-5-7-8;1-3-2(4)5;1-2/h3-6,10,12H,7H2,1-2H3,(H,13,14);3-7H,2H2,1H3;3H,1H3,(H,4,5);1-2H3. The zero-order chi connectivity index (χ0) is 22.7. The lowest BCUT2D eigenvalue weighted by molar-refractivity contribution is -0.139. The van der Waals surface area contributed by atoms with Crippen molar-refractivity contribution in [2.75, 3.05) is 14.1 Å². The summed E-state index contributed by atoms with van der Waals surface area (Å²) in [6.45, 7) is 8.15. The van der Waals surface area contributed by atoms with Crippen LogP contribution < -0.4 is 10.6 Å². The summed E-state index contributed by atoms with van der Waals surface area (Å²) in [5, 5.41) is 21.2. The second-order valence-electron chi connectivity index (χ2n) is 5.70. The summed E-state index contributed by atoms with van der Waals surface area (Å²) in [5.74, 6) is -0.809. The van der Waals surface area contributed by atoms with Crippen molar-refractivity contribution in [1.82, 2.24) is 10.6 Å². The van der Waals surface area contributed by atoms with Crippen LogP contribution in [0.3, 0.4) is 0 Å². The molecule has 0 fully saturated rings. The second-order valence-corrected chi connectivity index (χ2v) is 5.70. The summed E-state index contributed by atoms with van der Waals surface area (Å²) in [6, 6.07) is 17.8. The van der Waals surface area contributed by atoms with Gasteiger partial charge in [0.05, 0.1) is 0 Å². The third kappa shape index (κ3) is 14.8. The van der Waals surface area contributed by atoms with Crippen molar-refractivity contribution in [2.24, 2.45) is 0 Å². The Balaban J connectivity index is 0. The molecule has 1 unspecified atom stereocenters. The fourth-order valence-corrected chi connectivity index (χ4v) is 2.09. The van der Waals surface area contributed by atoms with Gasteiger partial charge in [0.2, 0.25) is 0 Å². The Morgan fingerprint density at radius 3 is 1.76 bits per heavy atom. The average molecular weight is 405 g/mol. The lowest BCUT2D eigenvalue weighted by Crippen LogP contribution is -2.35. The van der Waals surface area contributed by atoms with E-state index >= 15 is 0 Å². The van der Waals surface area contributed by atoms with E-state index in [4.69, 9.17) is 10.2 Å². The number of amides is 1. The maximum Gasteiger partial charge on any atom is 0.404 e. The smallest absolute Gasteiger partial charge is 0.404 e. The molecule has 2 rings (SSSR count). The zero-order valence-electron chi connectivity index (χ0n) is 18.4. The summed E-state index contributed by atoms with van der Waals surface area (Å²) in [5.41, 5.74) is 3.62. The van der Waals surface area contributed by atoms with Crippen molar-refractivity contribution in [3.63, 3.8) is 0 Å². The van der Waals surface area contributed by atoms with Crippen molar-refractivity contribution in [3.8, 4) is 0 Å². The van der Waals surface area contributed by atoms with E-state index in [1.165, 1.54) is 12.6 Å². The highest BCUT2D eigenvalue weighted by molar-refractivity contribution is 5.73. The molecule has 0 aliphatic rings. The number of carboxylic acid groups (broad SMARTS) is 2. The predicted molar refractivity (Wildman–Crippen MR) is 120 cm³/mol. The van der Waals surface area contributed by atoms with Crippen molar-refractivity contribution in [2.45, 2.75) is 46.6 Å². The van der Waals surface area contributed by atoms with Crippen molar-refractivity contribution in [3.05, 3.63) is 71.3 Å². The molecule has 6 heteroatoms. The molecule has 162 valence electrons. The van der Waals surface area contributed by atoms with Gasteiger partial charge >= 0.3 is 12.1 Å². The van der Waals surface area contributed by atoms with Crippen molar-refractivity contribution < 1.29 is 19.8 Å². The van der Waals surface area contributed by atoms with Crippen LogP contribution in [0.5, 0.6) is 0 Å². The Hall–Kier alpha value is -2.86. The van der Waals surface area contributed by atoms with E-state index in [-0.39, 0.29) is 0 Å². The van der Waals surface area contributed by atoms with Crippen LogP contribution in [0.1, 0.15) is 37.5 Å². The normalized spacial score (nSPS) is 9.86. The van der Waals surface area contributed by atoms with Crippen molar-refractivity contribution >= 4 is 12.1 Å². The van der Waals surface area contributed by atoms with Crippen LogP contribution in [0.25, 0.3) is 0 Å². The Kier molecular flexibility index (Phi) is 18.1. The van der Waals surface area contributed by atoms with Gasteiger partial charge in [-0.25, -0.2) is 4.79 Å². The molecule has 0 bridgehead atoms. The van der Waals surface area contributed by atoms with Crippen molar-refractivity contribution in [1.29, 1.82) is 0 Å². The molecule has 1 atom stereocenters. The third-order valence-corrected chi connectivity index (χ3v) is 3.80. The minimum absolute atomic E-state index is 0.504. The van der Waals surface area contributed by atoms with Crippen LogP contribution in [0.15, 0.2) is 54.6 Å². The first-order valence-corrected chi connectivity index (χ1v) is 9.74. The van der Waals surface area contributed by atoms with Gasteiger partial charge in [-0.05, 0) is 43.5 Å². The molecule has 2 aromatic rings. The molecule has 1 amide bonds. The summed E-state index contributed by atoms with van der Waals surface area (Å²) in [6.07, 6.45) is 0.671. The molecule has 29 heavy (non-hydrogen) atoms. The Morgan fingerprint density at radius 1 is 0.931 bits per heavy atom. The fraction of sp³-hybridized carbons (Fsp3) is 0.391. The Labute approximate surface area is 175 Å². The van der Waals surface area contributed by atoms with Gasteiger partial charge < -0.3 is 20.8 Å². The molecule has 0 heterocycles.